The number of benzene rings is 2. The van der Waals surface area contributed by atoms with Crippen LogP contribution in [0, 0.1) is 13.8 Å². The molecule has 0 bridgehead atoms. The molecular weight excluding hydrogens is 382 g/mol. The number of hydrogen-bond acceptors (Lipinski definition) is 4. The molecular formula is C23H25N3O4. The summed E-state index contributed by atoms with van der Waals surface area (Å²) in [7, 11) is 0. The van der Waals surface area contributed by atoms with Crippen LogP contribution < -0.4 is 11.0 Å². The van der Waals surface area contributed by atoms with Crippen LogP contribution in [-0.4, -0.2) is 28.0 Å². The molecule has 0 aliphatic heterocycles. The summed E-state index contributed by atoms with van der Waals surface area (Å²) in [6, 6.07) is 12.3. The van der Waals surface area contributed by atoms with E-state index in [9.17, 15) is 14.4 Å². The Morgan fingerprint density at radius 2 is 1.80 bits per heavy atom. The number of anilines is 1. The van der Waals surface area contributed by atoms with Gasteiger partial charge in [0.15, 0.2) is 6.61 Å². The van der Waals surface area contributed by atoms with Gasteiger partial charge in [-0.3, -0.25) is 9.36 Å². The number of aryl methyl sites for hydroxylation is 2. The van der Waals surface area contributed by atoms with Gasteiger partial charge in [-0.25, -0.2) is 9.59 Å². The molecule has 0 radical (unpaired) electrons. The van der Waals surface area contributed by atoms with Crippen molar-refractivity contribution in [1.82, 2.24) is 9.55 Å². The predicted molar refractivity (Wildman–Crippen MR) is 115 cm³/mol. The molecule has 156 valence electrons. The highest BCUT2D eigenvalue weighted by Crippen LogP contribution is 2.27. The summed E-state index contributed by atoms with van der Waals surface area (Å²) < 4.78 is 6.65. The average molecular weight is 407 g/mol. The maximum Gasteiger partial charge on any atom is 0.338 e. The second-order valence-corrected chi connectivity index (χ2v) is 7.44. The number of aromatic nitrogens is 2. The number of hydrogen-bond donors (Lipinski definition) is 2. The number of esters is 1. The first kappa shape index (κ1) is 21.1. The van der Waals surface area contributed by atoms with Gasteiger partial charge in [-0.15, -0.1) is 0 Å². The maximum atomic E-state index is 12.3. The van der Waals surface area contributed by atoms with E-state index in [-0.39, 0.29) is 18.2 Å². The molecule has 1 aromatic heterocycles. The number of para-hydroxylation sites is 1. The van der Waals surface area contributed by atoms with Gasteiger partial charge in [-0.2, -0.15) is 0 Å². The minimum atomic E-state index is -0.608. The molecule has 0 atom stereocenters. The number of amides is 1. The van der Waals surface area contributed by atoms with Gasteiger partial charge in [0.2, 0.25) is 0 Å². The number of imidazole rings is 1. The van der Waals surface area contributed by atoms with Gasteiger partial charge >= 0.3 is 11.7 Å². The Hall–Kier alpha value is -3.61. The number of ether oxygens (including phenoxy) is 1. The molecule has 0 saturated heterocycles. The molecule has 3 rings (SSSR count). The van der Waals surface area contributed by atoms with Crippen LogP contribution in [0.4, 0.5) is 5.69 Å². The summed E-state index contributed by atoms with van der Waals surface area (Å²) in [6.45, 7) is 7.45. The molecule has 3 aromatic rings. The zero-order chi connectivity index (χ0) is 21.8. The summed E-state index contributed by atoms with van der Waals surface area (Å²) in [5.41, 5.74) is 4.17. The molecule has 0 spiro atoms. The summed E-state index contributed by atoms with van der Waals surface area (Å²) in [6.07, 6.45) is 1.61. The monoisotopic (exact) mass is 407 g/mol. The molecule has 2 N–H and O–H groups in total. The van der Waals surface area contributed by atoms with E-state index in [1.54, 1.807) is 37.4 Å². The van der Waals surface area contributed by atoms with Gasteiger partial charge in [0.05, 0.1) is 11.3 Å². The first-order valence-corrected chi connectivity index (χ1v) is 9.72. The van der Waals surface area contributed by atoms with Gasteiger partial charge < -0.3 is 15.0 Å². The fourth-order valence-electron chi connectivity index (χ4n) is 3.26. The SMILES string of the molecule is Cc1cccc(C(C)C)c1NC(=O)COC(=O)c1ccc(-n2c(C)c[nH]c2=O)cc1. The zero-order valence-corrected chi connectivity index (χ0v) is 17.5. The fourth-order valence-corrected chi connectivity index (χ4v) is 3.26. The quantitative estimate of drug-likeness (QED) is 0.609. The van der Waals surface area contributed by atoms with Crippen LogP contribution in [0.15, 0.2) is 53.5 Å². The van der Waals surface area contributed by atoms with E-state index >= 15 is 0 Å². The Labute approximate surface area is 174 Å². The second kappa shape index (κ2) is 8.82. The minimum absolute atomic E-state index is 0.248. The predicted octanol–water partition coefficient (Wildman–Crippen LogP) is 3.70. The molecule has 7 heteroatoms. The van der Waals surface area contributed by atoms with Crippen molar-refractivity contribution in [2.75, 3.05) is 11.9 Å². The lowest BCUT2D eigenvalue weighted by atomic mass is 9.98. The standard InChI is InChI=1S/C23H25N3O4/c1-14(2)19-7-5-6-15(3)21(19)25-20(27)13-30-22(28)17-8-10-18(11-9-17)26-16(4)12-24-23(26)29/h5-12,14H,13H2,1-4H3,(H,24,29)(H,25,27). The van der Waals surface area contributed by atoms with Crippen molar-refractivity contribution in [2.24, 2.45) is 0 Å². The van der Waals surface area contributed by atoms with Crippen LogP contribution in [0.3, 0.4) is 0 Å². The normalized spacial score (nSPS) is 10.8. The van der Waals surface area contributed by atoms with Crippen molar-refractivity contribution in [3.05, 3.63) is 81.5 Å². The summed E-state index contributed by atoms with van der Waals surface area (Å²) in [5, 5.41) is 2.85. The summed E-state index contributed by atoms with van der Waals surface area (Å²) in [5.74, 6) is -0.758. The first-order valence-electron chi connectivity index (χ1n) is 9.72. The zero-order valence-electron chi connectivity index (χ0n) is 17.5. The molecule has 0 aliphatic carbocycles. The van der Waals surface area contributed by atoms with Crippen molar-refractivity contribution in [3.8, 4) is 5.69 Å². The van der Waals surface area contributed by atoms with Crippen LogP contribution in [0.25, 0.3) is 5.69 Å². The molecule has 7 nitrogen and oxygen atoms in total. The van der Waals surface area contributed by atoms with Crippen LogP contribution >= 0.6 is 0 Å². The van der Waals surface area contributed by atoms with E-state index in [0.717, 1.165) is 22.5 Å². The molecule has 0 saturated carbocycles. The van der Waals surface area contributed by atoms with Crippen LogP contribution in [-0.2, 0) is 9.53 Å². The topological polar surface area (TPSA) is 93.2 Å². The summed E-state index contributed by atoms with van der Waals surface area (Å²) in [4.78, 5) is 39.1. The molecule has 30 heavy (non-hydrogen) atoms. The molecule has 0 fully saturated rings. The number of carbonyl (C=O) groups excluding carboxylic acids is 2. The maximum absolute atomic E-state index is 12.3. The second-order valence-electron chi connectivity index (χ2n) is 7.44. The minimum Gasteiger partial charge on any atom is -0.452 e. The number of aromatic amines is 1. The molecule has 0 unspecified atom stereocenters. The highest BCUT2D eigenvalue weighted by Gasteiger charge is 2.15. The van der Waals surface area contributed by atoms with Gasteiger partial charge in [-0.1, -0.05) is 32.0 Å². The fraction of sp³-hybridized carbons (Fsp3) is 0.261. The molecule has 0 aliphatic rings. The van der Waals surface area contributed by atoms with E-state index < -0.39 is 11.9 Å². The van der Waals surface area contributed by atoms with Crippen molar-refractivity contribution >= 4 is 17.6 Å². The highest BCUT2D eigenvalue weighted by atomic mass is 16.5. The Balaban J connectivity index is 1.64. The third kappa shape index (κ3) is 4.51. The number of H-pyrrole nitrogens is 1. The third-order valence-electron chi connectivity index (χ3n) is 4.85. The van der Waals surface area contributed by atoms with Crippen molar-refractivity contribution in [2.45, 2.75) is 33.6 Å². The first-order chi connectivity index (χ1) is 14.3. The van der Waals surface area contributed by atoms with E-state index in [1.165, 1.54) is 4.57 Å². The molecule has 1 amide bonds. The number of nitrogens with zero attached hydrogens (tertiary/aromatic N) is 1. The lowest BCUT2D eigenvalue weighted by molar-refractivity contribution is -0.119. The van der Waals surface area contributed by atoms with Crippen molar-refractivity contribution in [1.29, 1.82) is 0 Å². The smallest absolute Gasteiger partial charge is 0.338 e. The lowest BCUT2D eigenvalue weighted by Crippen LogP contribution is -2.22. The van der Waals surface area contributed by atoms with Crippen LogP contribution in [0.2, 0.25) is 0 Å². The Kier molecular flexibility index (Phi) is 6.20. The Morgan fingerprint density at radius 1 is 1.10 bits per heavy atom. The molecule has 1 heterocycles. The van der Waals surface area contributed by atoms with Gasteiger partial charge in [0.25, 0.3) is 5.91 Å². The highest BCUT2D eigenvalue weighted by molar-refractivity contribution is 5.96. The van der Waals surface area contributed by atoms with E-state index in [2.05, 4.69) is 24.1 Å². The molecule has 2 aromatic carbocycles. The van der Waals surface area contributed by atoms with Crippen molar-refractivity contribution in [3.63, 3.8) is 0 Å². The largest absolute Gasteiger partial charge is 0.452 e. The Morgan fingerprint density at radius 3 is 2.40 bits per heavy atom. The van der Waals surface area contributed by atoms with Gasteiger partial charge in [-0.05, 0) is 55.2 Å². The van der Waals surface area contributed by atoms with E-state index in [4.69, 9.17) is 4.74 Å². The van der Waals surface area contributed by atoms with E-state index in [1.807, 2.05) is 25.1 Å². The van der Waals surface area contributed by atoms with Gasteiger partial charge in [0.1, 0.15) is 0 Å². The third-order valence-corrected chi connectivity index (χ3v) is 4.85. The average Bonchev–Trinajstić information content (AvgIpc) is 3.05. The number of carbonyl (C=O) groups is 2. The van der Waals surface area contributed by atoms with Gasteiger partial charge in [0, 0.05) is 17.6 Å². The number of rotatable bonds is 6. The van der Waals surface area contributed by atoms with E-state index in [0.29, 0.717) is 11.3 Å². The Bertz CT molecular complexity index is 1120. The number of nitrogens with one attached hydrogen (secondary N) is 2. The van der Waals surface area contributed by atoms with Crippen molar-refractivity contribution < 1.29 is 14.3 Å². The van der Waals surface area contributed by atoms with Crippen LogP contribution in [0.1, 0.15) is 46.9 Å². The lowest BCUT2D eigenvalue weighted by Gasteiger charge is -2.16. The summed E-state index contributed by atoms with van der Waals surface area (Å²) >= 11 is 0. The van der Waals surface area contributed by atoms with Crippen LogP contribution in [0.5, 0.6) is 0 Å².